The van der Waals surface area contributed by atoms with E-state index in [1.165, 1.54) is 6.26 Å². The van der Waals surface area contributed by atoms with Crippen molar-refractivity contribution in [2.75, 3.05) is 5.32 Å². The fourth-order valence-electron chi connectivity index (χ4n) is 1.82. The van der Waals surface area contributed by atoms with E-state index in [0.29, 0.717) is 22.8 Å². The minimum Gasteiger partial charge on any atom is -0.465 e. The summed E-state index contributed by atoms with van der Waals surface area (Å²) in [6, 6.07) is 3.46. The zero-order valence-corrected chi connectivity index (χ0v) is 11.8. The van der Waals surface area contributed by atoms with Gasteiger partial charge in [0.2, 0.25) is 0 Å². The van der Waals surface area contributed by atoms with Gasteiger partial charge in [0.05, 0.1) is 17.2 Å². The van der Waals surface area contributed by atoms with Crippen molar-refractivity contribution < 1.29 is 19.4 Å². The van der Waals surface area contributed by atoms with E-state index in [2.05, 4.69) is 10.3 Å². The van der Waals surface area contributed by atoms with E-state index in [1.54, 1.807) is 12.1 Å². The standard InChI is InChI=1S/C13H16N2O4S/c1-2-3-5-8(16)11-10(9-6-4-7-19-9)14-12(20-11)15-13(17)18/h4,6-8,16H,2-3,5H2,1H3,(H,14,15)(H,17,18). The van der Waals surface area contributed by atoms with Gasteiger partial charge in [-0.3, -0.25) is 5.32 Å². The van der Waals surface area contributed by atoms with E-state index in [0.717, 1.165) is 24.2 Å². The van der Waals surface area contributed by atoms with Crippen LogP contribution < -0.4 is 5.32 Å². The van der Waals surface area contributed by atoms with E-state index >= 15 is 0 Å². The van der Waals surface area contributed by atoms with Crippen molar-refractivity contribution in [2.24, 2.45) is 0 Å². The second-order valence-electron chi connectivity index (χ2n) is 4.30. The number of nitrogens with zero attached hydrogens (tertiary/aromatic N) is 1. The lowest BCUT2D eigenvalue weighted by atomic mass is 10.1. The molecule has 2 rings (SSSR count). The first kappa shape index (κ1) is 14.5. The van der Waals surface area contributed by atoms with Crippen LogP contribution >= 0.6 is 11.3 Å². The van der Waals surface area contributed by atoms with Gasteiger partial charge in [-0.1, -0.05) is 31.1 Å². The van der Waals surface area contributed by atoms with Crippen LogP contribution in [0, 0.1) is 0 Å². The number of aliphatic hydroxyl groups is 1. The molecule has 6 nitrogen and oxygen atoms in total. The van der Waals surface area contributed by atoms with Crippen LogP contribution in [0.25, 0.3) is 11.5 Å². The van der Waals surface area contributed by atoms with Crippen molar-refractivity contribution in [1.82, 2.24) is 4.98 Å². The number of furan rings is 1. The third-order valence-corrected chi connectivity index (χ3v) is 3.83. The van der Waals surface area contributed by atoms with Gasteiger partial charge in [-0.15, -0.1) is 0 Å². The molecule has 0 spiro atoms. The van der Waals surface area contributed by atoms with Crippen molar-refractivity contribution in [3.63, 3.8) is 0 Å². The summed E-state index contributed by atoms with van der Waals surface area (Å²) in [6.45, 7) is 2.05. The third kappa shape index (κ3) is 3.37. The van der Waals surface area contributed by atoms with Gasteiger partial charge in [-0.05, 0) is 18.6 Å². The van der Waals surface area contributed by atoms with E-state index in [4.69, 9.17) is 9.52 Å². The summed E-state index contributed by atoms with van der Waals surface area (Å²) >= 11 is 1.13. The summed E-state index contributed by atoms with van der Waals surface area (Å²) in [5, 5.41) is 21.4. The molecule has 7 heteroatoms. The number of unbranched alkanes of at least 4 members (excludes halogenated alkanes) is 1. The first-order chi connectivity index (χ1) is 9.61. The van der Waals surface area contributed by atoms with Crippen molar-refractivity contribution in [1.29, 1.82) is 0 Å². The van der Waals surface area contributed by atoms with Crippen LogP contribution in [0.2, 0.25) is 0 Å². The number of nitrogens with one attached hydrogen (secondary N) is 1. The second kappa shape index (κ2) is 6.53. The number of carbonyl (C=O) groups is 1. The normalized spacial score (nSPS) is 12.3. The van der Waals surface area contributed by atoms with Gasteiger partial charge in [0.1, 0.15) is 5.69 Å². The smallest absolute Gasteiger partial charge is 0.410 e. The van der Waals surface area contributed by atoms with Crippen molar-refractivity contribution in [3.05, 3.63) is 23.3 Å². The molecule has 0 aromatic carbocycles. The number of carboxylic acid groups (broad SMARTS) is 1. The number of aliphatic hydroxyl groups excluding tert-OH is 1. The van der Waals surface area contributed by atoms with Crippen LogP contribution in [-0.4, -0.2) is 21.3 Å². The van der Waals surface area contributed by atoms with Crippen LogP contribution in [0.5, 0.6) is 0 Å². The zero-order valence-electron chi connectivity index (χ0n) is 11.0. The van der Waals surface area contributed by atoms with Gasteiger partial charge in [-0.25, -0.2) is 9.78 Å². The molecule has 0 saturated heterocycles. The molecular formula is C13H16N2O4S. The molecule has 1 amide bonds. The molecule has 2 aromatic rings. The summed E-state index contributed by atoms with van der Waals surface area (Å²) in [6.07, 6.45) is 2.14. The first-order valence-corrected chi connectivity index (χ1v) is 7.16. The molecule has 0 aliphatic rings. The monoisotopic (exact) mass is 296 g/mol. The number of hydrogen-bond acceptors (Lipinski definition) is 5. The number of thiazole rings is 1. The van der Waals surface area contributed by atoms with E-state index < -0.39 is 12.2 Å². The Balaban J connectivity index is 2.32. The fourth-order valence-corrected chi connectivity index (χ4v) is 2.80. The minimum absolute atomic E-state index is 0.231. The van der Waals surface area contributed by atoms with E-state index in [-0.39, 0.29) is 5.13 Å². The van der Waals surface area contributed by atoms with Crippen LogP contribution in [0.4, 0.5) is 9.93 Å². The summed E-state index contributed by atoms with van der Waals surface area (Å²) in [7, 11) is 0. The molecule has 0 bridgehead atoms. The summed E-state index contributed by atoms with van der Waals surface area (Å²) < 4.78 is 5.29. The average Bonchev–Trinajstić information content (AvgIpc) is 3.03. The number of hydrogen-bond donors (Lipinski definition) is 3. The quantitative estimate of drug-likeness (QED) is 0.755. The van der Waals surface area contributed by atoms with E-state index in [1.807, 2.05) is 6.92 Å². The van der Waals surface area contributed by atoms with Crippen LogP contribution in [-0.2, 0) is 0 Å². The van der Waals surface area contributed by atoms with Crippen LogP contribution in [0.15, 0.2) is 22.8 Å². The van der Waals surface area contributed by atoms with Gasteiger partial charge in [0.15, 0.2) is 10.9 Å². The third-order valence-electron chi connectivity index (χ3n) is 2.76. The fraction of sp³-hybridized carbons (Fsp3) is 0.385. The highest BCUT2D eigenvalue weighted by molar-refractivity contribution is 7.16. The lowest BCUT2D eigenvalue weighted by Crippen LogP contribution is -2.06. The van der Waals surface area contributed by atoms with Gasteiger partial charge in [-0.2, -0.15) is 0 Å². The largest absolute Gasteiger partial charge is 0.465 e. The molecule has 3 N–H and O–H groups in total. The number of aromatic nitrogens is 1. The molecule has 0 saturated carbocycles. The van der Waals surface area contributed by atoms with Crippen LogP contribution in [0.3, 0.4) is 0 Å². The molecule has 0 fully saturated rings. The molecule has 20 heavy (non-hydrogen) atoms. The van der Waals surface area contributed by atoms with Crippen molar-refractivity contribution >= 4 is 22.6 Å². The highest BCUT2D eigenvalue weighted by Crippen LogP contribution is 2.37. The maximum Gasteiger partial charge on any atom is 0.410 e. The van der Waals surface area contributed by atoms with Gasteiger partial charge < -0.3 is 14.6 Å². The maximum absolute atomic E-state index is 10.7. The molecule has 108 valence electrons. The predicted octanol–water partition coefficient (Wildman–Crippen LogP) is 3.72. The molecule has 2 heterocycles. The molecule has 1 atom stereocenters. The van der Waals surface area contributed by atoms with E-state index in [9.17, 15) is 9.90 Å². The van der Waals surface area contributed by atoms with Crippen molar-refractivity contribution in [3.8, 4) is 11.5 Å². The molecule has 2 aromatic heterocycles. The Hall–Kier alpha value is -1.86. The molecule has 1 unspecified atom stereocenters. The molecular weight excluding hydrogens is 280 g/mol. The minimum atomic E-state index is -1.18. The van der Waals surface area contributed by atoms with Gasteiger partial charge in [0, 0.05) is 0 Å². The van der Waals surface area contributed by atoms with Crippen molar-refractivity contribution in [2.45, 2.75) is 32.3 Å². The Kier molecular flexibility index (Phi) is 4.75. The number of rotatable bonds is 6. The predicted molar refractivity (Wildman–Crippen MR) is 75.9 cm³/mol. The van der Waals surface area contributed by atoms with Crippen LogP contribution in [0.1, 0.15) is 37.2 Å². The Labute approximate surface area is 120 Å². The SMILES string of the molecule is CCCCC(O)c1sc(NC(=O)O)nc1-c1ccco1. The Morgan fingerprint density at radius 1 is 1.60 bits per heavy atom. The Bertz CT molecular complexity index is 565. The lowest BCUT2D eigenvalue weighted by molar-refractivity contribution is 0.168. The average molecular weight is 296 g/mol. The number of anilines is 1. The molecule has 0 radical (unpaired) electrons. The van der Waals surface area contributed by atoms with Gasteiger partial charge >= 0.3 is 6.09 Å². The number of amides is 1. The summed E-state index contributed by atoms with van der Waals surface area (Å²) in [5.74, 6) is 0.519. The highest BCUT2D eigenvalue weighted by atomic mass is 32.1. The Morgan fingerprint density at radius 3 is 3.00 bits per heavy atom. The molecule has 0 aliphatic carbocycles. The first-order valence-electron chi connectivity index (χ1n) is 6.34. The zero-order chi connectivity index (χ0) is 14.5. The lowest BCUT2D eigenvalue weighted by Gasteiger charge is -2.08. The highest BCUT2D eigenvalue weighted by Gasteiger charge is 2.21. The second-order valence-corrected chi connectivity index (χ2v) is 5.33. The topological polar surface area (TPSA) is 95.6 Å². The molecule has 0 aliphatic heterocycles. The summed E-state index contributed by atoms with van der Waals surface area (Å²) in [4.78, 5) is 15.5. The maximum atomic E-state index is 10.7. The van der Waals surface area contributed by atoms with Gasteiger partial charge in [0.25, 0.3) is 0 Å². The Morgan fingerprint density at radius 2 is 2.40 bits per heavy atom. The summed E-state index contributed by atoms with van der Waals surface area (Å²) in [5.41, 5.74) is 0.493.